The van der Waals surface area contributed by atoms with Crippen LogP contribution in [0.5, 0.6) is 0 Å². The molecule has 2 aliphatic rings. The summed E-state index contributed by atoms with van der Waals surface area (Å²) in [6.07, 6.45) is 3.48. The molecule has 2 fully saturated rings. The number of fused-ring (bicyclic) bond motifs is 1. The number of morpholine rings is 1. The number of likely N-dealkylation sites (tertiary alicyclic amines) is 1. The molecule has 35 heavy (non-hydrogen) atoms. The average molecular weight is 489 g/mol. The van der Waals surface area contributed by atoms with Crippen LogP contribution in [0.3, 0.4) is 0 Å². The second-order valence-electron chi connectivity index (χ2n) is 9.24. The fourth-order valence-corrected chi connectivity index (χ4v) is 4.69. The van der Waals surface area contributed by atoms with Crippen LogP contribution in [0.15, 0.2) is 24.7 Å². The van der Waals surface area contributed by atoms with Crippen molar-refractivity contribution in [2.24, 2.45) is 0 Å². The minimum atomic E-state index is -2.81. The quantitative estimate of drug-likeness (QED) is 0.570. The SMILES string of the molecule is CC(C)N1CCC(n2cc(NC(=O)c3cnn4ccc(N5CCOCC5)nc34)c(C(F)F)n2)CC1. The lowest BCUT2D eigenvalue weighted by Crippen LogP contribution is -2.39. The molecule has 12 heteroatoms. The summed E-state index contributed by atoms with van der Waals surface area (Å²) >= 11 is 0. The van der Waals surface area contributed by atoms with E-state index in [1.165, 1.54) is 16.9 Å². The first-order valence-corrected chi connectivity index (χ1v) is 12.0. The van der Waals surface area contributed by atoms with E-state index in [4.69, 9.17) is 4.74 Å². The van der Waals surface area contributed by atoms with E-state index in [0.717, 1.165) is 25.9 Å². The minimum Gasteiger partial charge on any atom is -0.378 e. The summed E-state index contributed by atoms with van der Waals surface area (Å²) in [6.45, 7) is 8.68. The number of nitrogens with zero attached hydrogens (tertiary/aromatic N) is 7. The van der Waals surface area contributed by atoms with E-state index in [2.05, 4.69) is 44.1 Å². The third-order valence-electron chi connectivity index (χ3n) is 6.75. The van der Waals surface area contributed by atoms with Crippen LogP contribution in [0.2, 0.25) is 0 Å². The zero-order valence-corrected chi connectivity index (χ0v) is 19.9. The van der Waals surface area contributed by atoms with Crippen molar-refractivity contribution in [2.45, 2.75) is 45.2 Å². The average Bonchev–Trinajstić information content (AvgIpc) is 3.49. The molecule has 3 aromatic heterocycles. The van der Waals surface area contributed by atoms with Gasteiger partial charge in [-0.1, -0.05) is 0 Å². The largest absolute Gasteiger partial charge is 0.378 e. The summed E-state index contributed by atoms with van der Waals surface area (Å²) < 4.78 is 36.1. The van der Waals surface area contributed by atoms with Crippen LogP contribution in [-0.4, -0.2) is 80.6 Å². The minimum absolute atomic E-state index is 0.0139. The van der Waals surface area contributed by atoms with Gasteiger partial charge in [-0.3, -0.25) is 9.48 Å². The van der Waals surface area contributed by atoms with Crippen LogP contribution in [0, 0.1) is 0 Å². The van der Waals surface area contributed by atoms with Crippen LogP contribution in [-0.2, 0) is 4.74 Å². The van der Waals surface area contributed by atoms with E-state index in [-0.39, 0.29) is 17.3 Å². The first-order valence-electron chi connectivity index (χ1n) is 12.0. The monoisotopic (exact) mass is 488 g/mol. The van der Waals surface area contributed by atoms with Gasteiger partial charge >= 0.3 is 0 Å². The van der Waals surface area contributed by atoms with E-state index in [1.54, 1.807) is 10.9 Å². The number of carbonyl (C=O) groups is 1. The molecule has 0 unspecified atom stereocenters. The molecule has 0 spiro atoms. The van der Waals surface area contributed by atoms with E-state index in [9.17, 15) is 13.6 Å². The first kappa shape index (κ1) is 23.6. The molecule has 3 aromatic rings. The summed E-state index contributed by atoms with van der Waals surface area (Å²) in [5.41, 5.74) is 0.153. The molecule has 2 saturated heterocycles. The number of amides is 1. The van der Waals surface area contributed by atoms with Crippen LogP contribution < -0.4 is 10.2 Å². The Bertz CT molecular complexity index is 1180. The highest BCUT2D eigenvalue weighted by atomic mass is 19.3. The Hall–Kier alpha value is -3.12. The molecular weight excluding hydrogens is 458 g/mol. The van der Waals surface area contributed by atoms with Gasteiger partial charge in [-0.05, 0) is 32.8 Å². The highest BCUT2D eigenvalue weighted by Crippen LogP contribution is 2.31. The summed E-state index contributed by atoms with van der Waals surface area (Å²) in [6, 6.07) is 2.29. The first-order chi connectivity index (χ1) is 16.9. The number of hydrogen-bond acceptors (Lipinski definition) is 7. The van der Waals surface area contributed by atoms with Gasteiger partial charge < -0.3 is 19.9 Å². The summed E-state index contributed by atoms with van der Waals surface area (Å²) in [5, 5.41) is 11.0. The lowest BCUT2D eigenvalue weighted by Gasteiger charge is -2.34. The second-order valence-corrected chi connectivity index (χ2v) is 9.24. The van der Waals surface area contributed by atoms with Crippen LogP contribution >= 0.6 is 0 Å². The van der Waals surface area contributed by atoms with Gasteiger partial charge in [-0.2, -0.15) is 10.2 Å². The predicted molar refractivity (Wildman–Crippen MR) is 126 cm³/mol. The summed E-state index contributed by atoms with van der Waals surface area (Å²) in [4.78, 5) is 22.2. The Kier molecular flexibility index (Phi) is 6.65. The van der Waals surface area contributed by atoms with Crippen LogP contribution in [0.1, 0.15) is 55.2 Å². The molecule has 0 aliphatic carbocycles. The molecule has 10 nitrogen and oxygen atoms in total. The molecule has 2 aliphatic heterocycles. The maximum Gasteiger partial charge on any atom is 0.284 e. The molecule has 1 N–H and O–H groups in total. The Labute approximate surface area is 201 Å². The van der Waals surface area contributed by atoms with E-state index >= 15 is 0 Å². The fourth-order valence-electron chi connectivity index (χ4n) is 4.69. The van der Waals surface area contributed by atoms with Gasteiger partial charge in [0.2, 0.25) is 0 Å². The maximum absolute atomic E-state index is 13.8. The smallest absolute Gasteiger partial charge is 0.284 e. The maximum atomic E-state index is 13.8. The van der Waals surface area contributed by atoms with Gasteiger partial charge in [0, 0.05) is 44.6 Å². The van der Waals surface area contributed by atoms with Crippen molar-refractivity contribution in [1.29, 1.82) is 0 Å². The van der Waals surface area contributed by atoms with Crippen molar-refractivity contribution in [2.75, 3.05) is 49.6 Å². The lowest BCUT2D eigenvalue weighted by atomic mass is 10.0. The van der Waals surface area contributed by atoms with Crippen molar-refractivity contribution in [3.8, 4) is 0 Å². The third-order valence-corrected chi connectivity index (χ3v) is 6.75. The van der Waals surface area contributed by atoms with Gasteiger partial charge in [-0.15, -0.1) is 0 Å². The van der Waals surface area contributed by atoms with Crippen LogP contribution in [0.25, 0.3) is 5.65 Å². The van der Waals surface area contributed by atoms with Crippen molar-refractivity contribution in [1.82, 2.24) is 29.3 Å². The zero-order chi connectivity index (χ0) is 24.5. The van der Waals surface area contributed by atoms with Gasteiger partial charge in [0.15, 0.2) is 11.3 Å². The molecule has 0 radical (unpaired) electrons. The summed E-state index contributed by atoms with van der Waals surface area (Å²) in [5.74, 6) is 0.159. The van der Waals surface area contributed by atoms with E-state index < -0.39 is 18.0 Å². The van der Waals surface area contributed by atoms with Gasteiger partial charge in [-0.25, -0.2) is 18.3 Å². The molecule has 188 valence electrons. The number of ether oxygens (including phenoxy) is 1. The molecule has 5 rings (SSSR count). The van der Waals surface area contributed by atoms with Gasteiger partial charge in [0.25, 0.3) is 12.3 Å². The zero-order valence-electron chi connectivity index (χ0n) is 19.9. The molecule has 0 bridgehead atoms. The summed E-state index contributed by atoms with van der Waals surface area (Å²) in [7, 11) is 0. The van der Waals surface area contributed by atoms with E-state index in [1.807, 2.05) is 6.07 Å². The van der Waals surface area contributed by atoms with Crippen LogP contribution in [0.4, 0.5) is 20.3 Å². The Morgan fingerprint density at radius 3 is 2.60 bits per heavy atom. The van der Waals surface area contributed by atoms with Crippen molar-refractivity contribution < 1.29 is 18.3 Å². The van der Waals surface area contributed by atoms with Gasteiger partial charge in [0.05, 0.1) is 31.1 Å². The topological polar surface area (TPSA) is 92.8 Å². The fraction of sp³-hybridized carbons (Fsp3) is 0.565. The van der Waals surface area contributed by atoms with Gasteiger partial charge in [0.1, 0.15) is 11.4 Å². The van der Waals surface area contributed by atoms with Crippen molar-refractivity contribution in [3.63, 3.8) is 0 Å². The number of hydrogen-bond donors (Lipinski definition) is 1. The number of nitrogens with one attached hydrogen (secondary N) is 1. The lowest BCUT2D eigenvalue weighted by molar-refractivity contribution is 0.102. The highest BCUT2D eigenvalue weighted by Gasteiger charge is 2.27. The highest BCUT2D eigenvalue weighted by molar-refractivity contribution is 6.08. The Balaban J connectivity index is 1.36. The van der Waals surface area contributed by atoms with Crippen molar-refractivity contribution >= 4 is 23.1 Å². The Morgan fingerprint density at radius 2 is 1.91 bits per heavy atom. The van der Waals surface area contributed by atoms with E-state index in [0.29, 0.717) is 43.8 Å². The number of aromatic nitrogens is 5. The number of rotatable bonds is 6. The molecular formula is C23H30F2N8O2. The molecule has 0 atom stereocenters. The molecule has 0 aromatic carbocycles. The number of piperidine rings is 1. The number of anilines is 2. The van der Waals surface area contributed by atoms with Crippen molar-refractivity contribution in [3.05, 3.63) is 35.9 Å². The normalized spacial score (nSPS) is 18.2. The Morgan fingerprint density at radius 1 is 1.17 bits per heavy atom. The number of alkyl halides is 2. The third kappa shape index (κ3) is 4.85. The number of halogens is 2. The molecule has 1 amide bonds. The molecule has 5 heterocycles. The second kappa shape index (κ2) is 9.86. The predicted octanol–water partition coefficient (Wildman–Crippen LogP) is 3.00. The standard InChI is InChI=1S/C23H30F2N8O2/c1-15(2)30-6-3-16(4-7-30)33-14-18(20(29-33)21(24)25)27-23(34)17-13-26-32-8-5-19(28-22(17)32)31-9-11-35-12-10-31/h5,8,13-16,21H,3-4,6-7,9-12H2,1-2H3,(H,27,34). The number of carbonyl (C=O) groups excluding carboxylic acids is 1. The molecule has 0 saturated carbocycles.